The third-order valence-electron chi connectivity index (χ3n) is 2.93. The van der Waals surface area contributed by atoms with Gasteiger partial charge in [0.05, 0.1) is 12.7 Å². The number of unbranched alkanes of at least 4 members (excludes halogenated alkanes) is 1. The number of rotatable bonds is 7. The molecule has 4 heteroatoms. The molecule has 0 bridgehead atoms. The minimum absolute atomic E-state index is 0.121. The lowest BCUT2D eigenvalue weighted by atomic mass is 10.1. The first-order valence-corrected chi connectivity index (χ1v) is 7.22. The lowest BCUT2D eigenvalue weighted by Gasteiger charge is -2.27. The molecule has 2 N–H and O–H groups in total. The van der Waals surface area contributed by atoms with Gasteiger partial charge in [-0.05, 0) is 25.5 Å². The van der Waals surface area contributed by atoms with E-state index in [1.807, 2.05) is 18.2 Å². The molecule has 1 aromatic carbocycles. The predicted molar refractivity (Wildman–Crippen MR) is 79.0 cm³/mol. The predicted octanol–water partition coefficient (Wildman–Crippen LogP) is 3.10. The van der Waals surface area contributed by atoms with Crippen molar-refractivity contribution in [3.8, 4) is 0 Å². The molecule has 0 amide bonds. The Hall–Kier alpha value is -0.580. The Labute approximate surface area is 118 Å². The van der Waals surface area contributed by atoms with Crippen molar-refractivity contribution in [3.05, 3.63) is 28.2 Å². The van der Waals surface area contributed by atoms with Crippen molar-refractivity contribution in [1.82, 2.24) is 0 Å². The van der Waals surface area contributed by atoms with Crippen molar-refractivity contribution in [3.63, 3.8) is 0 Å². The monoisotopic (exact) mass is 315 g/mol. The standard InChI is InChI=1S/C14H22BrNO2/c1-3-4-7-16(8-9-17)14-10-12(15)5-6-13(14)11(2)18/h5-6,10-11,17-18H,3-4,7-9H2,1-2H3. The fourth-order valence-corrected chi connectivity index (χ4v) is 2.32. The summed E-state index contributed by atoms with van der Waals surface area (Å²) in [4.78, 5) is 2.14. The van der Waals surface area contributed by atoms with E-state index in [1.165, 1.54) is 0 Å². The summed E-state index contributed by atoms with van der Waals surface area (Å²) in [6, 6.07) is 5.87. The summed E-state index contributed by atoms with van der Waals surface area (Å²) in [6.45, 7) is 5.52. The second-order valence-electron chi connectivity index (χ2n) is 4.44. The van der Waals surface area contributed by atoms with E-state index in [4.69, 9.17) is 0 Å². The van der Waals surface area contributed by atoms with Crippen LogP contribution in [0.1, 0.15) is 38.4 Å². The largest absolute Gasteiger partial charge is 0.395 e. The first-order valence-electron chi connectivity index (χ1n) is 6.43. The van der Waals surface area contributed by atoms with E-state index >= 15 is 0 Å². The Morgan fingerprint density at radius 3 is 2.61 bits per heavy atom. The molecular weight excluding hydrogens is 294 g/mol. The van der Waals surface area contributed by atoms with Crippen LogP contribution < -0.4 is 4.90 Å². The highest BCUT2D eigenvalue weighted by molar-refractivity contribution is 9.10. The van der Waals surface area contributed by atoms with Crippen LogP contribution in [0.3, 0.4) is 0 Å². The van der Waals surface area contributed by atoms with Gasteiger partial charge in [0.15, 0.2) is 0 Å². The molecule has 102 valence electrons. The zero-order chi connectivity index (χ0) is 13.5. The lowest BCUT2D eigenvalue weighted by Crippen LogP contribution is -2.29. The van der Waals surface area contributed by atoms with Crippen LogP contribution in [0.2, 0.25) is 0 Å². The molecule has 0 fully saturated rings. The number of hydrogen-bond acceptors (Lipinski definition) is 3. The molecule has 0 spiro atoms. The molecule has 0 radical (unpaired) electrons. The van der Waals surface area contributed by atoms with E-state index < -0.39 is 6.10 Å². The zero-order valence-electron chi connectivity index (χ0n) is 11.1. The second kappa shape index (κ2) is 7.77. The molecule has 0 saturated heterocycles. The Kier molecular flexibility index (Phi) is 6.68. The average molecular weight is 316 g/mol. The highest BCUT2D eigenvalue weighted by Crippen LogP contribution is 2.29. The van der Waals surface area contributed by atoms with Crippen LogP contribution in [0.25, 0.3) is 0 Å². The first-order chi connectivity index (χ1) is 8.60. The molecule has 0 aromatic heterocycles. The molecule has 0 aliphatic carbocycles. The molecule has 0 aliphatic heterocycles. The van der Waals surface area contributed by atoms with Crippen molar-refractivity contribution in [2.75, 3.05) is 24.6 Å². The molecule has 1 atom stereocenters. The molecule has 0 saturated carbocycles. The lowest BCUT2D eigenvalue weighted by molar-refractivity contribution is 0.199. The van der Waals surface area contributed by atoms with Gasteiger partial charge in [0.25, 0.3) is 0 Å². The maximum absolute atomic E-state index is 9.83. The fraction of sp³-hybridized carbons (Fsp3) is 0.571. The van der Waals surface area contributed by atoms with E-state index in [0.717, 1.165) is 35.1 Å². The minimum Gasteiger partial charge on any atom is -0.395 e. The van der Waals surface area contributed by atoms with E-state index in [1.54, 1.807) is 6.92 Å². The quantitative estimate of drug-likeness (QED) is 0.812. The molecule has 3 nitrogen and oxygen atoms in total. The van der Waals surface area contributed by atoms with Crippen LogP contribution in [0.15, 0.2) is 22.7 Å². The molecule has 0 aliphatic rings. The number of hydrogen-bond donors (Lipinski definition) is 2. The van der Waals surface area contributed by atoms with E-state index in [-0.39, 0.29) is 6.61 Å². The van der Waals surface area contributed by atoms with Crippen LogP contribution in [0, 0.1) is 0 Å². The van der Waals surface area contributed by atoms with Gasteiger partial charge in [-0.15, -0.1) is 0 Å². The van der Waals surface area contributed by atoms with E-state index in [0.29, 0.717) is 6.54 Å². The number of nitrogens with zero attached hydrogens (tertiary/aromatic N) is 1. The van der Waals surface area contributed by atoms with Crippen LogP contribution in [-0.4, -0.2) is 29.9 Å². The maximum Gasteiger partial charge on any atom is 0.0782 e. The topological polar surface area (TPSA) is 43.7 Å². The van der Waals surface area contributed by atoms with Crippen molar-refractivity contribution < 1.29 is 10.2 Å². The van der Waals surface area contributed by atoms with Crippen molar-refractivity contribution in [2.24, 2.45) is 0 Å². The zero-order valence-corrected chi connectivity index (χ0v) is 12.7. The number of aliphatic hydroxyl groups excluding tert-OH is 2. The van der Waals surface area contributed by atoms with Gasteiger partial charge in [0, 0.05) is 28.8 Å². The molecule has 1 rings (SSSR count). The summed E-state index contributed by atoms with van der Waals surface area (Å²) in [5.74, 6) is 0. The Morgan fingerprint density at radius 1 is 1.33 bits per heavy atom. The van der Waals surface area contributed by atoms with Gasteiger partial charge in [-0.2, -0.15) is 0 Å². The highest BCUT2D eigenvalue weighted by Gasteiger charge is 2.14. The Bertz CT molecular complexity index is 369. The SMILES string of the molecule is CCCCN(CCO)c1cc(Br)ccc1C(C)O. The third-order valence-corrected chi connectivity index (χ3v) is 3.43. The number of halogens is 1. The van der Waals surface area contributed by atoms with Gasteiger partial charge in [0.1, 0.15) is 0 Å². The average Bonchev–Trinajstić information content (AvgIpc) is 2.34. The summed E-state index contributed by atoms with van der Waals surface area (Å²) < 4.78 is 0.987. The van der Waals surface area contributed by atoms with Crippen LogP contribution in [0.4, 0.5) is 5.69 Å². The van der Waals surface area contributed by atoms with E-state index in [2.05, 4.69) is 27.8 Å². The van der Waals surface area contributed by atoms with Gasteiger partial charge < -0.3 is 15.1 Å². The van der Waals surface area contributed by atoms with Crippen LogP contribution in [-0.2, 0) is 0 Å². The van der Waals surface area contributed by atoms with Gasteiger partial charge in [-0.25, -0.2) is 0 Å². The van der Waals surface area contributed by atoms with Gasteiger partial charge >= 0.3 is 0 Å². The first kappa shape index (κ1) is 15.5. The third kappa shape index (κ3) is 4.26. The number of benzene rings is 1. The summed E-state index contributed by atoms with van der Waals surface area (Å²) in [5.41, 5.74) is 1.91. The van der Waals surface area contributed by atoms with Crippen molar-refractivity contribution in [1.29, 1.82) is 0 Å². The number of anilines is 1. The van der Waals surface area contributed by atoms with Crippen LogP contribution in [0.5, 0.6) is 0 Å². The van der Waals surface area contributed by atoms with Gasteiger partial charge in [-0.1, -0.05) is 35.3 Å². The fourth-order valence-electron chi connectivity index (χ4n) is 1.97. The summed E-state index contributed by atoms with van der Waals surface area (Å²) in [7, 11) is 0. The summed E-state index contributed by atoms with van der Waals surface area (Å²) in [6.07, 6.45) is 1.68. The van der Waals surface area contributed by atoms with Crippen molar-refractivity contribution in [2.45, 2.75) is 32.8 Å². The second-order valence-corrected chi connectivity index (χ2v) is 5.36. The smallest absolute Gasteiger partial charge is 0.0782 e. The molecule has 0 heterocycles. The normalized spacial score (nSPS) is 12.5. The van der Waals surface area contributed by atoms with Gasteiger partial charge in [-0.3, -0.25) is 0 Å². The highest BCUT2D eigenvalue weighted by atomic mass is 79.9. The number of aliphatic hydroxyl groups is 2. The molecular formula is C14H22BrNO2. The van der Waals surface area contributed by atoms with E-state index in [9.17, 15) is 10.2 Å². The summed E-state index contributed by atoms with van der Waals surface area (Å²) >= 11 is 3.46. The molecule has 18 heavy (non-hydrogen) atoms. The maximum atomic E-state index is 9.83. The molecule has 1 aromatic rings. The Balaban J connectivity index is 3.03. The van der Waals surface area contributed by atoms with Crippen molar-refractivity contribution >= 4 is 21.6 Å². The summed E-state index contributed by atoms with van der Waals surface area (Å²) in [5, 5.41) is 19.0. The molecule has 1 unspecified atom stereocenters. The Morgan fingerprint density at radius 2 is 2.06 bits per heavy atom. The van der Waals surface area contributed by atoms with Crippen LogP contribution >= 0.6 is 15.9 Å². The minimum atomic E-state index is -0.504. The van der Waals surface area contributed by atoms with Gasteiger partial charge in [0.2, 0.25) is 0 Å².